The Bertz CT molecular complexity index is 755. The minimum absolute atomic E-state index is 0.0897. The quantitative estimate of drug-likeness (QED) is 0.841. The number of nitrogens with zero attached hydrogens (tertiary/aromatic N) is 1. The number of halogens is 1. The average Bonchev–Trinajstić information content (AvgIpc) is 2.99. The summed E-state index contributed by atoms with van der Waals surface area (Å²) in [7, 11) is 0. The van der Waals surface area contributed by atoms with Gasteiger partial charge in [-0.15, -0.1) is 0 Å². The van der Waals surface area contributed by atoms with Gasteiger partial charge in [0.15, 0.2) is 0 Å². The predicted octanol–water partition coefficient (Wildman–Crippen LogP) is 3.86. The summed E-state index contributed by atoms with van der Waals surface area (Å²) in [6.07, 6.45) is 7.05. The number of aromatic nitrogens is 1. The van der Waals surface area contributed by atoms with E-state index in [1.54, 1.807) is 6.20 Å². The zero-order chi connectivity index (χ0) is 17.9. The normalized spacial score (nSPS) is 25.7. The standard InChI is InChI=1S/C21H24ClN3O/c22-16-5-3-4-15(13-16)21(19-6-1-2-9-23-19)25-20(26)12-14-10-17-7-8-18(11-14)24-17/h1-6,9,13-14,17-18,21,24H,7-8,10-12H2,(H,25,26). The van der Waals surface area contributed by atoms with Crippen molar-refractivity contribution in [3.05, 3.63) is 64.9 Å². The molecule has 2 aromatic rings. The number of carbonyl (C=O) groups is 1. The highest BCUT2D eigenvalue weighted by molar-refractivity contribution is 6.30. The third-order valence-corrected chi connectivity index (χ3v) is 5.75. The van der Waals surface area contributed by atoms with E-state index in [4.69, 9.17) is 11.6 Å². The van der Waals surface area contributed by atoms with Gasteiger partial charge in [-0.25, -0.2) is 0 Å². The number of hydrogen-bond acceptors (Lipinski definition) is 3. The van der Waals surface area contributed by atoms with Gasteiger partial charge in [0.2, 0.25) is 5.91 Å². The first-order valence-corrected chi connectivity index (χ1v) is 9.77. The molecule has 136 valence electrons. The molecule has 26 heavy (non-hydrogen) atoms. The first kappa shape index (κ1) is 17.5. The highest BCUT2D eigenvalue weighted by atomic mass is 35.5. The largest absolute Gasteiger partial charge is 0.344 e. The number of pyridine rings is 1. The molecule has 2 N–H and O–H groups in total. The van der Waals surface area contributed by atoms with Crippen molar-refractivity contribution in [1.82, 2.24) is 15.6 Å². The van der Waals surface area contributed by atoms with Gasteiger partial charge in [-0.2, -0.15) is 0 Å². The zero-order valence-corrected chi connectivity index (χ0v) is 15.5. The summed E-state index contributed by atoms with van der Waals surface area (Å²) >= 11 is 6.17. The maximum absolute atomic E-state index is 12.8. The second-order valence-electron chi connectivity index (χ2n) is 7.49. The lowest BCUT2D eigenvalue weighted by atomic mass is 9.89. The molecular weight excluding hydrogens is 346 g/mol. The molecule has 0 radical (unpaired) electrons. The van der Waals surface area contributed by atoms with Crippen molar-refractivity contribution in [2.75, 3.05) is 0 Å². The SMILES string of the molecule is O=C(CC1CC2CCC(C1)N2)NC(c1cccc(Cl)c1)c1ccccn1. The maximum atomic E-state index is 12.8. The van der Waals surface area contributed by atoms with Crippen LogP contribution < -0.4 is 10.6 Å². The zero-order valence-electron chi connectivity index (χ0n) is 14.7. The smallest absolute Gasteiger partial charge is 0.221 e. The molecule has 0 aliphatic carbocycles. The number of carbonyl (C=O) groups excluding carboxylic acids is 1. The third kappa shape index (κ3) is 4.08. The molecule has 1 amide bonds. The van der Waals surface area contributed by atoms with E-state index >= 15 is 0 Å². The summed E-state index contributed by atoms with van der Waals surface area (Å²) in [6.45, 7) is 0. The van der Waals surface area contributed by atoms with Crippen LogP contribution in [0.3, 0.4) is 0 Å². The average molecular weight is 370 g/mol. The van der Waals surface area contributed by atoms with Crippen LogP contribution in [0.15, 0.2) is 48.7 Å². The number of piperidine rings is 1. The van der Waals surface area contributed by atoms with E-state index in [1.165, 1.54) is 12.8 Å². The Labute approximate surface area is 159 Å². The highest BCUT2D eigenvalue weighted by Crippen LogP contribution is 2.33. The number of amides is 1. The number of fused-ring (bicyclic) bond motifs is 2. The molecular formula is C21H24ClN3O. The molecule has 2 bridgehead atoms. The Morgan fingerprint density at radius 2 is 2.00 bits per heavy atom. The third-order valence-electron chi connectivity index (χ3n) is 5.52. The fourth-order valence-electron chi connectivity index (χ4n) is 4.38. The molecule has 1 aromatic carbocycles. The lowest BCUT2D eigenvalue weighted by Crippen LogP contribution is -2.40. The summed E-state index contributed by atoms with van der Waals surface area (Å²) < 4.78 is 0. The second-order valence-corrected chi connectivity index (χ2v) is 7.93. The molecule has 2 aliphatic rings. The van der Waals surface area contributed by atoms with Crippen LogP contribution in [-0.2, 0) is 4.79 Å². The van der Waals surface area contributed by atoms with Crippen LogP contribution >= 0.6 is 11.6 Å². The Balaban J connectivity index is 1.48. The lowest BCUT2D eigenvalue weighted by Gasteiger charge is -2.29. The molecule has 2 saturated heterocycles. The monoisotopic (exact) mass is 369 g/mol. The molecule has 2 fully saturated rings. The Hall–Kier alpha value is -1.91. The van der Waals surface area contributed by atoms with Crippen molar-refractivity contribution in [2.24, 2.45) is 5.92 Å². The highest BCUT2D eigenvalue weighted by Gasteiger charge is 2.34. The van der Waals surface area contributed by atoms with Crippen LogP contribution in [0.1, 0.15) is 49.4 Å². The van der Waals surface area contributed by atoms with Crippen LogP contribution in [-0.4, -0.2) is 23.0 Å². The van der Waals surface area contributed by atoms with Crippen molar-refractivity contribution < 1.29 is 4.79 Å². The van der Waals surface area contributed by atoms with Gasteiger partial charge in [-0.3, -0.25) is 9.78 Å². The maximum Gasteiger partial charge on any atom is 0.221 e. The van der Waals surface area contributed by atoms with E-state index in [2.05, 4.69) is 15.6 Å². The minimum atomic E-state index is -0.277. The van der Waals surface area contributed by atoms with Crippen LogP contribution in [0, 0.1) is 5.92 Å². The van der Waals surface area contributed by atoms with Crippen molar-refractivity contribution in [1.29, 1.82) is 0 Å². The number of rotatable bonds is 5. The molecule has 0 spiro atoms. The van der Waals surface area contributed by atoms with E-state index < -0.39 is 0 Å². The van der Waals surface area contributed by atoms with Gasteiger partial charge >= 0.3 is 0 Å². The summed E-state index contributed by atoms with van der Waals surface area (Å²) in [5.41, 5.74) is 1.78. The molecule has 2 aliphatic heterocycles. The molecule has 4 nitrogen and oxygen atoms in total. The minimum Gasteiger partial charge on any atom is -0.344 e. The van der Waals surface area contributed by atoms with Crippen LogP contribution in [0.4, 0.5) is 0 Å². The van der Waals surface area contributed by atoms with Crippen LogP contribution in [0.2, 0.25) is 5.02 Å². The first-order chi connectivity index (χ1) is 12.7. The molecule has 3 unspecified atom stereocenters. The molecule has 0 saturated carbocycles. The van der Waals surface area contributed by atoms with E-state index in [1.807, 2.05) is 42.5 Å². The van der Waals surface area contributed by atoms with Gasteiger partial charge in [0.05, 0.1) is 11.7 Å². The van der Waals surface area contributed by atoms with Gasteiger partial charge < -0.3 is 10.6 Å². The van der Waals surface area contributed by atoms with Gasteiger partial charge in [0.25, 0.3) is 0 Å². The van der Waals surface area contributed by atoms with E-state index in [0.29, 0.717) is 29.4 Å². The Morgan fingerprint density at radius 1 is 1.19 bits per heavy atom. The van der Waals surface area contributed by atoms with E-state index in [9.17, 15) is 4.79 Å². The lowest BCUT2D eigenvalue weighted by molar-refractivity contribution is -0.122. The molecule has 1 aromatic heterocycles. The Morgan fingerprint density at radius 3 is 2.69 bits per heavy atom. The number of hydrogen-bond donors (Lipinski definition) is 2. The van der Waals surface area contributed by atoms with E-state index in [0.717, 1.165) is 24.1 Å². The van der Waals surface area contributed by atoms with Crippen molar-refractivity contribution in [3.8, 4) is 0 Å². The number of nitrogens with one attached hydrogen (secondary N) is 2. The topological polar surface area (TPSA) is 54.0 Å². The van der Waals surface area contributed by atoms with Crippen LogP contribution in [0.5, 0.6) is 0 Å². The van der Waals surface area contributed by atoms with Gasteiger partial charge in [0.1, 0.15) is 0 Å². The summed E-state index contributed by atoms with van der Waals surface area (Å²) in [4.78, 5) is 17.2. The summed E-state index contributed by atoms with van der Waals surface area (Å²) in [5, 5.41) is 7.49. The fourth-order valence-corrected chi connectivity index (χ4v) is 4.58. The van der Waals surface area contributed by atoms with Crippen molar-refractivity contribution in [3.63, 3.8) is 0 Å². The molecule has 3 atom stereocenters. The fraction of sp³-hybridized carbons (Fsp3) is 0.429. The predicted molar refractivity (Wildman–Crippen MR) is 103 cm³/mol. The van der Waals surface area contributed by atoms with Crippen molar-refractivity contribution >= 4 is 17.5 Å². The van der Waals surface area contributed by atoms with E-state index in [-0.39, 0.29) is 11.9 Å². The summed E-state index contributed by atoms with van der Waals surface area (Å²) in [6, 6.07) is 14.3. The van der Waals surface area contributed by atoms with Crippen LogP contribution in [0.25, 0.3) is 0 Å². The summed E-state index contributed by atoms with van der Waals surface area (Å²) in [5.74, 6) is 0.560. The second kappa shape index (κ2) is 7.77. The van der Waals surface area contributed by atoms with Gasteiger partial charge in [0, 0.05) is 29.7 Å². The molecule has 4 rings (SSSR count). The molecule has 3 heterocycles. The van der Waals surface area contributed by atoms with Crippen molar-refractivity contribution in [2.45, 2.75) is 50.2 Å². The molecule has 5 heteroatoms. The Kier molecular flexibility index (Phi) is 5.23. The first-order valence-electron chi connectivity index (χ1n) is 9.39. The number of benzene rings is 1. The van der Waals surface area contributed by atoms with Gasteiger partial charge in [-0.05, 0) is 61.4 Å². The van der Waals surface area contributed by atoms with Gasteiger partial charge in [-0.1, -0.05) is 29.8 Å².